The van der Waals surface area contributed by atoms with Crippen molar-refractivity contribution < 1.29 is 19.4 Å². The number of amides is 1. The first-order valence-electron chi connectivity index (χ1n) is 9.13. The van der Waals surface area contributed by atoms with E-state index in [2.05, 4.69) is 4.90 Å². The monoisotopic (exact) mass is 348 g/mol. The molecule has 1 aromatic rings. The summed E-state index contributed by atoms with van der Waals surface area (Å²) in [5.41, 5.74) is 0.0987. The fourth-order valence-electron chi connectivity index (χ4n) is 3.58. The van der Waals surface area contributed by atoms with Crippen LogP contribution < -0.4 is 0 Å². The van der Waals surface area contributed by atoms with Gasteiger partial charge in [0.25, 0.3) is 0 Å². The zero-order valence-corrected chi connectivity index (χ0v) is 14.7. The van der Waals surface area contributed by atoms with Crippen LogP contribution in [0.3, 0.4) is 0 Å². The number of aliphatic hydroxyl groups is 1. The Bertz CT molecular complexity index is 546. The Morgan fingerprint density at radius 3 is 2.84 bits per heavy atom. The van der Waals surface area contributed by atoms with E-state index in [4.69, 9.17) is 9.47 Å². The van der Waals surface area contributed by atoms with E-state index >= 15 is 0 Å². The molecule has 0 aliphatic carbocycles. The Morgan fingerprint density at radius 2 is 2.00 bits per heavy atom. The van der Waals surface area contributed by atoms with Crippen LogP contribution in [0.2, 0.25) is 0 Å². The third kappa shape index (κ3) is 5.42. The molecule has 6 nitrogen and oxygen atoms in total. The highest BCUT2D eigenvalue weighted by molar-refractivity contribution is 5.68. The number of carbonyl (C=O) groups is 1. The van der Waals surface area contributed by atoms with Gasteiger partial charge in [0, 0.05) is 32.8 Å². The molecule has 1 atom stereocenters. The van der Waals surface area contributed by atoms with E-state index in [0.717, 1.165) is 38.1 Å². The van der Waals surface area contributed by atoms with E-state index in [0.29, 0.717) is 32.7 Å². The van der Waals surface area contributed by atoms with Crippen LogP contribution in [0.15, 0.2) is 30.3 Å². The van der Waals surface area contributed by atoms with Gasteiger partial charge in [0.1, 0.15) is 6.61 Å². The zero-order valence-electron chi connectivity index (χ0n) is 14.7. The number of hydrogen-bond acceptors (Lipinski definition) is 5. The molecule has 3 rings (SSSR count). The Hall–Kier alpha value is -1.63. The quantitative estimate of drug-likeness (QED) is 0.900. The van der Waals surface area contributed by atoms with Crippen molar-refractivity contribution in [2.45, 2.75) is 31.5 Å². The number of likely N-dealkylation sites (tertiary alicyclic amines) is 1. The average molecular weight is 348 g/mol. The summed E-state index contributed by atoms with van der Waals surface area (Å²) in [6.07, 6.45) is 2.15. The van der Waals surface area contributed by atoms with Crippen molar-refractivity contribution in [3.05, 3.63) is 35.9 Å². The summed E-state index contributed by atoms with van der Waals surface area (Å²) in [4.78, 5) is 16.2. The molecule has 138 valence electrons. The molecule has 2 heterocycles. The first-order chi connectivity index (χ1) is 12.1. The van der Waals surface area contributed by atoms with E-state index < -0.39 is 5.60 Å². The van der Waals surface area contributed by atoms with Crippen LogP contribution >= 0.6 is 0 Å². The lowest BCUT2D eigenvalue weighted by Crippen LogP contribution is -2.56. The van der Waals surface area contributed by atoms with Gasteiger partial charge in [-0.15, -0.1) is 0 Å². The number of benzene rings is 1. The van der Waals surface area contributed by atoms with Crippen molar-refractivity contribution in [3.63, 3.8) is 0 Å². The van der Waals surface area contributed by atoms with Gasteiger partial charge < -0.3 is 19.5 Å². The minimum atomic E-state index is -0.867. The van der Waals surface area contributed by atoms with Crippen molar-refractivity contribution in [2.75, 3.05) is 45.9 Å². The summed E-state index contributed by atoms with van der Waals surface area (Å²) in [7, 11) is 0. The van der Waals surface area contributed by atoms with Crippen LogP contribution in [0.4, 0.5) is 4.79 Å². The highest BCUT2D eigenvalue weighted by atomic mass is 16.6. The Morgan fingerprint density at radius 1 is 1.16 bits per heavy atom. The van der Waals surface area contributed by atoms with E-state index in [9.17, 15) is 9.90 Å². The maximum Gasteiger partial charge on any atom is 0.410 e. The topological polar surface area (TPSA) is 62.2 Å². The minimum Gasteiger partial charge on any atom is -0.445 e. The summed E-state index contributed by atoms with van der Waals surface area (Å²) in [5.74, 6) is 0. The van der Waals surface area contributed by atoms with Crippen molar-refractivity contribution in [3.8, 4) is 0 Å². The lowest BCUT2D eigenvalue weighted by Gasteiger charge is -2.41. The predicted octanol–water partition coefficient (Wildman–Crippen LogP) is 1.87. The minimum absolute atomic E-state index is 0.262. The Balaban J connectivity index is 1.51. The second kappa shape index (κ2) is 8.65. The maximum atomic E-state index is 12.4. The van der Waals surface area contributed by atoms with Crippen LogP contribution in [0, 0.1) is 0 Å². The van der Waals surface area contributed by atoms with Gasteiger partial charge in [-0.05, 0) is 24.8 Å². The van der Waals surface area contributed by atoms with Crippen LogP contribution in [-0.4, -0.2) is 72.5 Å². The Kier molecular flexibility index (Phi) is 6.29. The summed E-state index contributed by atoms with van der Waals surface area (Å²) in [5, 5.41) is 11.0. The molecular formula is C19H28N2O4. The summed E-state index contributed by atoms with van der Waals surface area (Å²) >= 11 is 0. The number of β-amino-alcohol motifs (C(OH)–C–C–N with tert-alkyl or cyclic N) is 1. The van der Waals surface area contributed by atoms with E-state index in [1.807, 2.05) is 30.3 Å². The SMILES string of the molecule is O=C(OCc1ccccc1)N1CCCC(O)(CN2CCCOCC2)C1. The molecule has 0 saturated carbocycles. The zero-order chi connectivity index (χ0) is 17.5. The van der Waals surface area contributed by atoms with Crippen molar-refractivity contribution in [1.29, 1.82) is 0 Å². The third-order valence-electron chi connectivity index (χ3n) is 4.85. The molecule has 0 aromatic heterocycles. The van der Waals surface area contributed by atoms with Gasteiger partial charge in [-0.3, -0.25) is 4.90 Å². The maximum absolute atomic E-state index is 12.4. The molecule has 2 aliphatic heterocycles. The second-order valence-electron chi connectivity index (χ2n) is 7.03. The molecule has 2 aliphatic rings. The third-order valence-corrected chi connectivity index (χ3v) is 4.85. The lowest BCUT2D eigenvalue weighted by atomic mass is 9.92. The van der Waals surface area contributed by atoms with Crippen LogP contribution in [-0.2, 0) is 16.1 Å². The molecule has 2 fully saturated rings. The lowest BCUT2D eigenvalue weighted by molar-refractivity contribution is -0.0514. The van der Waals surface area contributed by atoms with Gasteiger partial charge in [0.05, 0.1) is 18.8 Å². The number of ether oxygens (including phenoxy) is 2. The highest BCUT2D eigenvalue weighted by Crippen LogP contribution is 2.23. The van der Waals surface area contributed by atoms with Gasteiger partial charge >= 0.3 is 6.09 Å². The molecular weight excluding hydrogens is 320 g/mol. The molecule has 1 unspecified atom stereocenters. The van der Waals surface area contributed by atoms with E-state index in [1.165, 1.54) is 0 Å². The Labute approximate surface area is 149 Å². The smallest absolute Gasteiger partial charge is 0.410 e. The molecule has 2 saturated heterocycles. The van der Waals surface area contributed by atoms with Gasteiger partial charge in [0.15, 0.2) is 0 Å². The molecule has 1 N–H and O–H groups in total. The van der Waals surface area contributed by atoms with Gasteiger partial charge in [-0.1, -0.05) is 30.3 Å². The second-order valence-corrected chi connectivity index (χ2v) is 7.03. The predicted molar refractivity (Wildman–Crippen MR) is 94.3 cm³/mol. The molecule has 6 heteroatoms. The van der Waals surface area contributed by atoms with Gasteiger partial charge in [0.2, 0.25) is 0 Å². The summed E-state index contributed by atoms with van der Waals surface area (Å²) in [6.45, 7) is 5.07. The molecule has 1 amide bonds. The number of nitrogens with zero attached hydrogens (tertiary/aromatic N) is 2. The van der Waals surface area contributed by atoms with Crippen LogP contribution in [0.5, 0.6) is 0 Å². The number of rotatable bonds is 4. The van der Waals surface area contributed by atoms with Crippen molar-refractivity contribution in [1.82, 2.24) is 9.80 Å². The number of piperidine rings is 1. The van der Waals surface area contributed by atoms with Crippen LogP contribution in [0.1, 0.15) is 24.8 Å². The van der Waals surface area contributed by atoms with E-state index in [1.54, 1.807) is 4.90 Å². The molecule has 0 bridgehead atoms. The fourth-order valence-corrected chi connectivity index (χ4v) is 3.58. The first kappa shape index (κ1) is 18.2. The molecule has 0 spiro atoms. The van der Waals surface area contributed by atoms with Gasteiger partial charge in [-0.25, -0.2) is 4.79 Å². The van der Waals surface area contributed by atoms with Crippen molar-refractivity contribution >= 4 is 6.09 Å². The number of carbonyl (C=O) groups excluding carboxylic acids is 1. The average Bonchev–Trinajstić information content (AvgIpc) is 2.88. The largest absolute Gasteiger partial charge is 0.445 e. The van der Waals surface area contributed by atoms with E-state index in [-0.39, 0.29) is 12.7 Å². The highest BCUT2D eigenvalue weighted by Gasteiger charge is 2.37. The summed E-state index contributed by atoms with van der Waals surface area (Å²) < 4.78 is 10.9. The standard InChI is InChI=1S/C19H28N2O4/c22-18(25-14-17-6-2-1-3-7-17)21-10-4-8-19(23,16-21)15-20-9-5-12-24-13-11-20/h1-3,6-7,23H,4-5,8-16H2. The van der Waals surface area contributed by atoms with Crippen molar-refractivity contribution in [2.24, 2.45) is 0 Å². The molecule has 0 radical (unpaired) electrons. The number of hydrogen-bond donors (Lipinski definition) is 1. The first-order valence-corrected chi connectivity index (χ1v) is 9.13. The van der Waals surface area contributed by atoms with Crippen LogP contribution in [0.25, 0.3) is 0 Å². The fraction of sp³-hybridized carbons (Fsp3) is 0.632. The molecule has 25 heavy (non-hydrogen) atoms. The normalized spacial score (nSPS) is 25.4. The summed E-state index contributed by atoms with van der Waals surface area (Å²) in [6, 6.07) is 9.65. The molecule has 1 aromatic carbocycles. The van der Waals surface area contributed by atoms with Gasteiger partial charge in [-0.2, -0.15) is 0 Å².